The second kappa shape index (κ2) is 5.15. The summed E-state index contributed by atoms with van der Waals surface area (Å²) in [5.41, 5.74) is -0.962. The van der Waals surface area contributed by atoms with Crippen molar-refractivity contribution < 1.29 is 8.78 Å². The number of nitrogens with zero attached hydrogens (tertiary/aromatic N) is 4. The first-order valence-corrected chi connectivity index (χ1v) is 6.91. The summed E-state index contributed by atoms with van der Waals surface area (Å²) in [6.45, 7) is 1.56. The van der Waals surface area contributed by atoms with Crippen LogP contribution >= 0.6 is 0 Å². The average molecular weight is 320 g/mol. The van der Waals surface area contributed by atoms with E-state index in [2.05, 4.69) is 4.98 Å². The maximum Gasteiger partial charge on any atom is 0.332 e. The van der Waals surface area contributed by atoms with E-state index >= 15 is 0 Å². The molecule has 0 saturated heterocycles. The Morgan fingerprint density at radius 3 is 2.30 bits per heavy atom. The summed E-state index contributed by atoms with van der Waals surface area (Å²) in [5, 5.41) is 0. The van der Waals surface area contributed by atoms with Gasteiger partial charge in [0, 0.05) is 19.7 Å². The lowest BCUT2D eigenvalue weighted by Crippen LogP contribution is -2.37. The fourth-order valence-electron chi connectivity index (χ4n) is 2.71. The minimum Gasteiger partial charge on any atom is -0.317 e. The van der Waals surface area contributed by atoms with E-state index in [1.165, 1.54) is 35.6 Å². The van der Waals surface area contributed by atoms with Gasteiger partial charge < -0.3 is 4.57 Å². The van der Waals surface area contributed by atoms with Crippen molar-refractivity contribution in [3.05, 3.63) is 62.6 Å². The van der Waals surface area contributed by atoms with Crippen LogP contribution in [0.1, 0.15) is 18.5 Å². The number of aromatic nitrogens is 4. The van der Waals surface area contributed by atoms with Crippen molar-refractivity contribution in [2.75, 3.05) is 0 Å². The lowest BCUT2D eigenvalue weighted by Gasteiger charge is -2.16. The van der Waals surface area contributed by atoms with E-state index in [9.17, 15) is 18.4 Å². The Morgan fingerprint density at radius 2 is 1.70 bits per heavy atom. The highest BCUT2D eigenvalue weighted by molar-refractivity contribution is 5.70. The molecule has 120 valence electrons. The average Bonchev–Trinajstić information content (AvgIpc) is 2.95. The second-order valence-electron chi connectivity index (χ2n) is 5.34. The molecule has 0 fully saturated rings. The maximum atomic E-state index is 14.0. The molecule has 8 heteroatoms. The van der Waals surface area contributed by atoms with Crippen LogP contribution in [0.5, 0.6) is 0 Å². The third-order valence-electron chi connectivity index (χ3n) is 4.01. The van der Waals surface area contributed by atoms with Gasteiger partial charge in [-0.2, -0.15) is 0 Å². The van der Waals surface area contributed by atoms with Crippen LogP contribution in [-0.2, 0) is 14.1 Å². The molecule has 0 aliphatic rings. The minimum atomic E-state index is -0.800. The molecule has 23 heavy (non-hydrogen) atoms. The zero-order valence-corrected chi connectivity index (χ0v) is 12.7. The quantitative estimate of drug-likeness (QED) is 0.715. The fraction of sp³-hybridized carbons (Fsp3) is 0.267. The molecule has 0 saturated carbocycles. The molecule has 0 radical (unpaired) electrons. The Labute approximate surface area is 129 Å². The van der Waals surface area contributed by atoms with Gasteiger partial charge in [-0.1, -0.05) is 6.07 Å². The molecular formula is C15H14F2N4O2. The molecule has 2 heterocycles. The summed E-state index contributed by atoms with van der Waals surface area (Å²) in [4.78, 5) is 28.4. The number of aryl methyl sites for hydroxylation is 1. The fourth-order valence-corrected chi connectivity index (χ4v) is 2.71. The van der Waals surface area contributed by atoms with Crippen LogP contribution in [0.2, 0.25) is 0 Å². The molecule has 2 aromatic heterocycles. The topological polar surface area (TPSA) is 61.8 Å². The number of rotatable bonds is 2. The van der Waals surface area contributed by atoms with Gasteiger partial charge in [-0.3, -0.25) is 13.9 Å². The highest BCUT2D eigenvalue weighted by atomic mass is 19.1. The smallest absolute Gasteiger partial charge is 0.317 e. The van der Waals surface area contributed by atoms with E-state index in [0.717, 1.165) is 16.7 Å². The number of imidazole rings is 1. The third-order valence-corrected chi connectivity index (χ3v) is 4.01. The van der Waals surface area contributed by atoms with Crippen molar-refractivity contribution in [1.29, 1.82) is 0 Å². The van der Waals surface area contributed by atoms with Gasteiger partial charge in [0.2, 0.25) is 0 Å². The number of hydrogen-bond donors (Lipinski definition) is 0. The van der Waals surface area contributed by atoms with Gasteiger partial charge in [0.1, 0.15) is 11.6 Å². The highest BCUT2D eigenvalue weighted by Gasteiger charge is 2.22. The molecule has 0 spiro atoms. The monoisotopic (exact) mass is 320 g/mol. The van der Waals surface area contributed by atoms with Crippen molar-refractivity contribution in [3.8, 4) is 0 Å². The normalized spacial score (nSPS) is 12.7. The molecule has 1 aromatic carbocycles. The zero-order valence-electron chi connectivity index (χ0n) is 12.7. The molecule has 0 aliphatic carbocycles. The highest BCUT2D eigenvalue weighted by Crippen LogP contribution is 2.25. The summed E-state index contributed by atoms with van der Waals surface area (Å²) >= 11 is 0. The summed E-state index contributed by atoms with van der Waals surface area (Å²) < 4.78 is 31.5. The SMILES string of the molecule is CC(c1c(F)cccc1F)n1cnc2c1c(=O)n(C)c(=O)n2C. The van der Waals surface area contributed by atoms with Gasteiger partial charge in [0.05, 0.1) is 12.4 Å². The van der Waals surface area contributed by atoms with Crippen LogP contribution < -0.4 is 11.2 Å². The van der Waals surface area contributed by atoms with Gasteiger partial charge in [0.25, 0.3) is 5.56 Å². The molecule has 0 bridgehead atoms. The van der Waals surface area contributed by atoms with E-state index < -0.39 is 28.9 Å². The molecular weight excluding hydrogens is 306 g/mol. The van der Waals surface area contributed by atoms with E-state index in [-0.39, 0.29) is 16.7 Å². The summed E-state index contributed by atoms with van der Waals surface area (Å²) in [6.07, 6.45) is 1.31. The third kappa shape index (κ3) is 2.09. The first-order valence-electron chi connectivity index (χ1n) is 6.91. The lowest BCUT2D eigenvalue weighted by atomic mass is 10.1. The van der Waals surface area contributed by atoms with Gasteiger partial charge in [-0.15, -0.1) is 0 Å². The van der Waals surface area contributed by atoms with E-state index in [1.807, 2.05) is 0 Å². The molecule has 1 unspecified atom stereocenters. The van der Waals surface area contributed by atoms with E-state index in [0.29, 0.717) is 0 Å². The molecule has 0 N–H and O–H groups in total. The zero-order chi connectivity index (χ0) is 16.9. The van der Waals surface area contributed by atoms with Gasteiger partial charge >= 0.3 is 5.69 Å². The maximum absolute atomic E-state index is 14.0. The molecule has 3 rings (SSSR count). The van der Waals surface area contributed by atoms with E-state index in [1.54, 1.807) is 6.92 Å². The number of hydrogen-bond acceptors (Lipinski definition) is 3. The molecule has 1 atom stereocenters. The Balaban J connectivity index is 2.34. The number of benzene rings is 1. The van der Waals surface area contributed by atoms with Crippen LogP contribution in [0, 0.1) is 11.6 Å². The number of fused-ring (bicyclic) bond motifs is 1. The van der Waals surface area contributed by atoms with E-state index in [4.69, 9.17) is 0 Å². The molecule has 0 amide bonds. The van der Waals surface area contributed by atoms with Gasteiger partial charge in [0.15, 0.2) is 11.2 Å². The van der Waals surface area contributed by atoms with Crippen molar-refractivity contribution >= 4 is 11.2 Å². The van der Waals surface area contributed by atoms with Crippen LogP contribution in [0.15, 0.2) is 34.1 Å². The van der Waals surface area contributed by atoms with Crippen molar-refractivity contribution in [3.63, 3.8) is 0 Å². The Kier molecular flexibility index (Phi) is 3.39. The van der Waals surface area contributed by atoms with Gasteiger partial charge in [-0.25, -0.2) is 18.6 Å². The van der Waals surface area contributed by atoms with Crippen molar-refractivity contribution in [2.24, 2.45) is 14.1 Å². The van der Waals surface area contributed by atoms with Gasteiger partial charge in [-0.05, 0) is 19.1 Å². The summed E-state index contributed by atoms with van der Waals surface area (Å²) in [7, 11) is 2.82. The lowest BCUT2D eigenvalue weighted by molar-refractivity contribution is 0.510. The van der Waals surface area contributed by atoms with Crippen LogP contribution in [0.4, 0.5) is 8.78 Å². The molecule has 0 aliphatic heterocycles. The van der Waals surface area contributed by atoms with Crippen molar-refractivity contribution in [1.82, 2.24) is 18.7 Å². The Morgan fingerprint density at radius 1 is 1.09 bits per heavy atom. The van der Waals surface area contributed by atoms with Crippen LogP contribution in [0.3, 0.4) is 0 Å². The number of halogens is 2. The minimum absolute atomic E-state index is 0.116. The molecule has 3 aromatic rings. The van der Waals surface area contributed by atoms with Crippen molar-refractivity contribution in [2.45, 2.75) is 13.0 Å². The predicted molar refractivity (Wildman–Crippen MR) is 80.4 cm³/mol. The first-order chi connectivity index (χ1) is 10.8. The first kappa shape index (κ1) is 15.1. The second-order valence-corrected chi connectivity index (χ2v) is 5.34. The Hall–Kier alpha value is -2.77. The Bertz CT molecular complexity index is 1010. The predicted octanol–water partition coefficient (Wildman–Crippen LogP) is 1.32. The molecule has 6 nitrogen and oxygen atoms in total. The van der Waals surface area contributed by atoms with Crippen LogP contribution in [0.25, 0.3) is 11.2 Å². The van der Waals surface area contributed by atoms with Crippen LogP contribution in [-0.4, -0.2) is 18.7 Å². The summed E-state index contributed by atoms with van der Waals surface area (Å²) in [6, 6.07) is 2.78. The standard InChI is InChI=1S/C15H14F2N4O2/c1-8(11-9(16)5-4-6-10(11)17)21-7-18-13-12(21)14(22)20(3)15(23)19(13)2/h4-8H,1-3H3. The summed E-state index contributed by atoms with van der Waals surface area (Å²) in [5.74, 6) is -1.41. The largest absolute Gasteiger partial charge is 0.332 e.